The quantitative estimate of drug-likeness (QED) is 0.765. The number of nitrogens with one attached hydrogen (secondary N) is 1. The number of hydrogen-bond donors (Lipinski definition) is 1. The number of anilines is 3. The van der Waals surface area contributed by atoms with Gasteiger partial charge in [-0.1, -0.05) is 0 Å². The third-order valence-corrected chi connectivity index (χ3v) is 3.76. The Bertz CT molecular complexity index is 829. The highest BCUT2D eigenvalue weighted by atomic mass is 16.6. The maximum absolute atomic E-state index is 5.41. The zero-order chi connectivity index (χ0) is 16.4. The van der Waals surface area contributed by atoms with Crippen molar-refractivity contribution >= 4 is 28.6 Å². The number of benzene rings is 1. The molecule has 24 heavy (non-hydrogen) atoms. The van der Waals surface area contributed by atoms with Crippen LogP contribution in [0, 0.1) is 0 Å². The second-order valence-electron chi connectivity index (χ2n) is 5.26. The number of rotatable bonds is 4. The summed E-state index contributed by atoms with van der Waals surface area (Å²) in [6.07, 6.45) is 0. The lowest BCUT2D eigenvalue weighted by atomic mass is 10.3. The summed E-state index contributed by atoms with van der Waals surface area (Å²) in [5.41, 5.74) is 1.62. The summed E-state index contributed by atoms with van der Waals surface area (Å²) in [5.74, 6) is 2.10. The highest BCUT2D eigenvalue weighted by Crippen LogP contribution is 2.28. The Labute approximate surface area is 137 Å². The van der Waals surface area contributed by atoms with E-state index in [2.05, 4.69) is 30.5 Å². The minimum atomic E-state index is 0.364. The van der Waals surface area contributed by atoms with Gasteiger partial charge in [0.1, 0.15) is 5.75 Å². The van der Waals surface area contributed by atoms with Gasteiger partial charge in [0.05, 0.1) is 20.3 Å². The number of ether oxygens (including phenoxy) is 2. The molecule has 1 fully saturated rings. The van der Waals surface area contributed by atoms with Crippen LogP contribution >= 0.6 is 0 Å². The van der Waals surface area contributed by atoms with Crippen LogP contribution in [0.5, 0.6) is 5.75 Å². The number of aromatic nitrogens is 4. The molecule has 3 aromatic rings. The van der Waals surface area contributed by atoms with Crippen LogP contribution in [0.25, 0.3) is 11.3 Å². The fourth-order valence-corrected chi connectivity index (χ4v) is 2.52. The van der Waals surface area contributed by atoms with Gasteiger partial charge in [0.15, 0.2) is 11.6 Å². The second kappa shape index (κ2) is 6.28. The number of hydrogen-bond acceptors (Lipinski definition) is 9. The molecule has 1 aliphatic heterocycles. The van der Waals surface area contributed by atoms with E-state index in [1.54, 1.807) is 7.11 Å². The van der Waals surface area contributed by atoms with E-state index in [0.717, 1.165) is 24.5 Å². The number of morpholine rings is 1. The maximum Gasteiger partial charge on any atom is 0.245 e. The molecular formula is C15H16N6O3. The van der Waals surface area contributed by atoms with Crippen LogP contribution < -0.4 is 15.0 Å². The minimum absolute atomic E-state index is 0.364. The summed E-state index contributed by atoms with van der Waals surface area (Å²) in [5, 5.41) is 10.8. The third-order valence-electron chi connectivity index (χ3n) is 3.76. The molecule has 9 nitrogen and oxygen atoms in total. The summed E-state index contributed by atoms with van der Waals surface area (Å²) in [7, 11) is 1.63. The fraction of sp³-hybridized carbons (Fsp3) is 0.333. The molecule has 0 saturated carbocycles. The van der Waals surface area contributed by atoms with Crippen LogP contribution in [-0.2, 0) is 4.74 Å². The summed E-state index contributed by atoms with van der Waals surface area (Å²) in [6, 6.07) is 7.57. The first kappa shape index (κ1) is 14.6. The highest BCUT2D eigenvalue weighted by molar-refractivity contribution is 5.77. The van der Waals surface area contributed by atoms with Crippen LogP contribution in [0.1, 0.15) is 0 Å². The smallest absolute Gasteiger partial charge is 0.245 e. The average molecular weight is 328 g/mol. The molecule has 0 atom stereocenters. The van der Waals surface area contributed by atoms with Crippen molar-refractivity contribution in [1.82, 2.24) is 20.3 Å². The molecule has 0 bridgehead atoms. The average Bonchev–Trinajstić information content (AvgIpc) is 3.10. The first-order chi connectivity index (χ1) is 11.8. The van der Waals surface area contributed by atoms with E-state index in [0.29, 0.717) is 36.1 Å². The minimum Gasteiger partial charge on any atom is -0.497 e. The molecule has 1 aliphatic rings. The lowest BCUT2D eigenvalue weighted by Gasteiger charge is -2.28. The van der Waals surface area contributed by atoms with E-state index < -0.39 is 0 Å². The Morgan fingerprint density at radius 3 is 2.46 bits per heavy atom. The van der Waals surface area contributed by atoms with Crippen LogP contribution in [0.2, 0.25) is 0 Å². The Balaban J connectivity index is 1.70. The van der Waals surface area contributed by atoms with E-state index >= 15 is 0 Å². The van der Waals surface area contributed by atoms with Gasteiger partial charge in [-0.25, -0.2) is 14.6 Å². The van der Waals surface area contributed by atoms with Gasteiger partial charge in [-0.3, -0.25) is 0 Å². The molecule has 0 spiro atoms. The monoisotopic (exact) mass is 328 g/mol. The Hall–Kier alpha value is -2.94. The summed E-state index contributed by atoms with van der Waals surface area (Å²) >= 11 is 0. The molecule has 1 N–H and O–H groups in total. The molecule has 1 saturated heterocycles. The molecule has 0 amide bonds. The first-order valence-electron chi connectivity index (χ1n) is 7.57. The van der Waals surface area contributed by atoms with Gasteiger partial charge in [-0.15, -0.1) is 0 Å². The van der Waals surface area contributed by atoms with Crippen molar-refractivity contribution < 1.29 is 14.1 Å². The van der Waals surface area contributed by atoms with Crippen molar-refractivity contribution in [2.24, 2.45) is 0 Å². The highest BCUT2D eigenvalue weighted by Gasteiger charge is 2.20. The first-order valence-corrected chi connectivity index (χ1v) is 7.57. The predicted molar refractivity (Wildman–Crippen MR) is 86.7 cm³/mol. The van der Waals surface area contributed by atoms with Crippen molar-refractivity contribution in [3.05, 3.63) is 24.3 Å². The van der Waals surface area contributed by atoms with E-state index in [-0.39, 0.29) is 0 Å². The van der Waals surface area contributed by atoms with Gasteiger partial charge < -0.3 is 19.7 Å². The third kappa shape index (κ3) is 2.81. The van der Waals surface area contributed by atoms with Crippen LogP contribution in [0.3, 0.4) is 0 Å². The van der Waals surface area contributed by atoms with Gasteiger partial charge in [0.25, 0.3) is 0 Å². The van der Waals surface area contributed by atoms with Gasteiger partial charge >= 0.3 is 0 Å². The molecule has 1 aromatic carbocycles. The summed E-state index contributed by atoms with van der Waals surface area (Å²) in [4.78, 5) is 11.1. The molecule has 0 aliphatic carbocycles. The van der Waals surface area contributed by atoms with Crippen LogP contribution in [-0.4, -0.2) is 53.7 Å². The SMILES string of the molecule is COc1ccc(Nc2nc3nonc3nc2N2CCOCC2)cc1. The van der Waals surface area contributed by atoms with E-state index in [1.165, 1.54) is 0 Å². The van der Waals surface area contributed by atoms with Crippen molar-refractivity contribution in [1.29, 1.82) is 0 Å². The molecule has 4 rings (SSSR count). The van der Waals surface area contributed by atoms with Gasteiger partial charge in [0.2, 0.25) is 11.3 Å². The summed E-state index contributed by atoms with van der Waals surface area (Å²) < 4.78 is 15.3. The van der Waals surface area contributed by atoms with Gasteiger partial charge in [-0.05, 0) is 34.6 Å². The second-order valence-corrected chi connectivity index (χ2v) is 5.26. The van der Waals surface area contributed by atoms with Crippen molar-refractivity contribution in [2.45, 2.75) is 0 Å². The van der Waals surface area contributed by atoms with Gasteiger partial charge in [-0.2, -0.15) is 0 Å². The standard InChI is InChI=1S/C15H16N6O3/c1-22-11-4-2-10(3-5-11)16-14-15(21-6-8-23-9-7-21)18-13-12(17-14)19-24-20-13/h2-5H,6-9H2,1H3,(H,16,17,19). The largest absolute Gasteiger partial charge is 0.497 e. The van der Waals surface area contributed by atoms with E-state index in [9.17, 15) is 0 Å². The molecule has 3 heterocycles. The molecule has 9 heteroatoms. The van der Waals surface area contributed by atoms with E-state index in [1.807, 2.05) is 24.3 Å². The molecule has 124 valence electrons. The maximum atomic E-state index is 5.41. The van der Waals surface area contributed by atoms with E-state index in [4.69, 9.17) is 14.1 Å². The zero-order valence-corrected chi connectivity index (χ0v) is 13.1. The molecular weight excluding hydrogens is 312 g/mol. The van der Waals surface area contributed by atoms with Crippen molar-refractivity contribution in [3.8, 4) is 5.75 Å². The molecule has 0 radical (unpaired) electrons. The number of fused-ring (bicyclic) bond motifs is 1. The zero-order valence-electron chi connectivity index (χ0n) is 13.1. The Kier molecular flexibility index (Phi) is 3.83. The topological polar surface area (TPSA) is 98.4 Å². The van der Waals surface area contributed by atoms with Crippen molar-refractivity contribution in [3.63, 3.8) is 0 Å². The van der Waals surface area contributed by atoms with Crippen LogP contribution in [0.4, 0.5) is 17.3 Å². The Morgan fingerprint density at radius 1 is 1.04 bits per heavy atom. The molecule has 0 unspecified atom stereocenters. The van der Waals surface area contributed by atoms with Gasteiger partial charge in [0, 0.05) is 18.8 Å². The normalized spacial score (nSPS) is 14.8. The van der Waals surface area contributed by atoms with Crippen LogP contribution in [0.15, 0.2) is 28.9 Å². The number of nitrogens with zero attached hydrogens (tertiary/aromatic N) is 5. The molecule has 2 aromatic heterocycles. The number of methoxy groups -OCH3 is 1. The summed E-state index contributed by atoms with van der Waals surface area (Å²) in [6.45, 7) is 2.78. The lowest BCUT2D eigenvalue weighted by Crippen LogP contribution is -2.37. The lowest BCUT2D eigenvalue weighted by molar-refractivity contribution is 0.122. The predicted octanol–water partition coefficient (Wildman–Crippen LogP) is 1.60. The fourth-order valence-electron chi connectivity index (χ4n) is 2.52. The van der Waals surface area contributed by atoms with Crippen molar-refractivity contribution in [2.75, 3.05) is 43.6 Å². The Morgan fingerprint density at radius 2 is 1.75 bits per heavy atom.